The second-order valence-electron chi connectivity index (χ2n) is 5.71. The summed E-state index contributed by atoms with van der Waals surface area (Å²) >= 11 is 0. The van der Waals surface area contributed by atoms with Gasteiger partial charge in [-0.3, -0.25) is 9.98 Å². The van der Waals surface area contributed by atoms with E-state index in [9.17, 15) is 0 Å². The van der Waals surface area contributed by atoms with Gasteiger partial charge in [0.2, 0.25) is 0 Å². The van der Waals surface area contributed by atoms with E-state index in [1.165, 1.54) is 0 Å². The highest BCUT2D eigenvalue weighted by Crippen LogP contribution is 2.04. The zero-order valence-electron chi connectivity index (χ0n) is 14.9. The quantitative estimate of drug-likeness (QED) is 0.321. The van der Waals surface area contributed by atoms with E-state index in [-0.39, 0.29) is 24.0 Å². The normalized spacial score (nSPS) is 11.2. The number of guanidine groups is 1. The van der Waals surface area contributed by atoms with Crippen LogP contribution in [0.2, 0.25) is 0 Å². The fourth-order valence-electron chi connectivity index (χ4n) is 2.59. The maximum Gasteiger partial charge on any atom is 0.191 e. The third-order valence-electron chi connectivity index (χ3n) is 3.80. The van der Waals surface area contributed by atoms with Crippen molar-refractivity contribution in [3.63, 3.8) is 0 Å². The molecule has 3 rings (SSSR count). The summed E-state index contributed by atoms with van der Waals surface area (Å²) in [4.78, 5) is 13.5. The molecule has 0 atom stereocenters. The van der Waals surface area contributed by atoms with Crippen molar-refractivity contribution in [3.05, 3.63) is 66.4 Å². The van der Waals surface area contributed by atoms with Crippen molar-refractivity contribution < 1.29 is 0 Å². The Labute approximate surface area is 171 Å². The minimum absolute atomic E-state index is 0. The lowest BCUT2D eigenvalue weighted by atomic mass is 10.3. The van der Waals surface area contributed by atoms with Gasteiger partial charge < -0.3 is 15.0 Å². The van der Waals surface area contributed by atoms with Crippen LogP contribution in [-0.2, 0) is 12.8 Å². The first-order valence-electron chi connectivity index (χ1n) is 8.70. The summed E-state index contributed by atoms with van der Waals surface area (Å²) in [6.45, 7) is 4.40. The molecule has 3 aromatic rings. The average molecular weight is 464 g/mol. The molecule has 0 saturated carbocycles. The van der Waals surface area contributed by atoms with Gasteiger partial charge in [0.1, 0.15) is 5.65 Å². The number of imidazole rings is 1. The molecule has 0 aromatic carbocycles. The zero-order chi connectivity index (χ0) is 17.3. The van der Waals surface area contributed by atoms with Gasteiger partial charge in [-0.05, 0) is 31.2 Å². The summed E-state index contributed by atoms with van der Waals surface area (Å²) in [6, 6.07) is 12.0. The number of rotatable bonds is 7. The number of hydrogen-bond acceptors (Lipinski definition) is 3. The molecule has 138 valence electrons. The van der Waals surface area contributed by atoms with Gasteiger partial charge in [0.05, 0.1) is 5.69 Å². The second kappa shape index (κ2) is 10.7. The maximum absolute atomic E-state index is 4.61. The Hall–Kier alpha value is -2.16. The Kier molecular flexibility index (Phi) is 8.33. The topological polar surface area (TPSA) is 66.6 Å². The van der Waals surface area contributed by atoms with Gasteiger partial charge >= 0.3 is 0 Å². The number of halogens is 1. The minimum atomic E-state index is 0. The van der Waals surface area contributed by atoms with Crippen LogP contribution in [0.5, 0.6) is 0 Å². The van der Waals surface area contributed by atoms with Crippen LogP contribution in [0.25, 0.3) is 5.65 Å². The molecule has 0 fully saturated rings. The van der Waals surface area contributed by atoms with Crippen molar-refractivity contribution in [1.29, 1.82) is 0 Å². The van der Waals surface area contributed by atoms with Crippen LogP contribution in [0.1, 0.15) is 18.3 Å². The Bertz CT molecular complexity index is 782. The SMILES string of the molecule is CCNC(=NCCc1ccccn1)NCCc1cn2ccccc2n1.I. The molecule has 3 heterocycles. The Morgan fingerprint density at radius 2 is 1.96 bits per heavy atom. The maximum atomic E-state index is 4.61. The highest BCUT2D eigenvalue weighted by molar-refractivity contribution is 14.0. The fraction of sp³-hybridized carbons (Fsp3) is 0.316. The molecule has 0 aliphatic rings. The van der Waals surface area contributed by atoms with Gasteiger partial charge in [-0.1, -0.05) is 12.1 Å². The van der Waals surface area contributed by atoms with E-state index in [0.717, 1.165) is 48.9 Å². The molecule has 26 heavy (non-hydrogen) atoms. The molecule has 3 aromatic heterocycles. The summed E-state index contributed by atoms with van der Waals surface area (Å²) in [5, 5.41) is 6.64. The number of fused-ring (bicyclic) bond motifs is 1. The van der Waals surface area contributed by atoms with Crippen molar-refractivity contribution in [1.82, 2.24) is 25.0 Å². The Balaban J connectivity index is 0.00000243. The number of aliphatic imine (C=N–C) groups is 1. The third kappa shape index (κ3) is 5.98. The van der Waals surface area contributed by atoms with E-state index >= 15 is 0 Å². The van der Waals surface area contributed by atoms with E-state index in [0.29, 0.717) is 6.54 Å². The van der Waals surface area contributed by atoms with E-state index in [1.807, 2.05) is 53.2 Å². The largest absolute Gasteiger partial charge is 0.357 e. The molecule has 0 aliphatic heterocycles. The van der Waals surface area contributed by atoms with Gasteiger partial charge in [0, 0.05) is 56.8 Å². The van der Waals surface area contributed by atoms with Crippen molar-refractivity contribution in [3.8, 4) is 0 Å². The van der Waals surface area contributed by atoms with E-state index < -0.39 is 0 Å². The van der Waals surface area contributed by atoms with Crippen molar-refractivity contribution >= 4 is 35.6 Å². The lowest BCUT2D eigenvalue weighted by Crippen LogP contribution is -2.38. The average Bonchev–Trinajstić information content (AvgIpc) is 3.05. The van der Waals surface area contributed by atoms with Gasteiger partial charge in [0.25, 0.3) is 0 Å². The number of pyridine rings is 2. The molecule has 2 N–H and O–H groups in total. The molecule has 0 unspecified atom stereocenters. The molecule has 0 radical (unpaired) electrons. The summed E-state index contributed by atoms with van der Waals surface area (Å²) in [5.41, 5.74) is 3.11. The monoisotopic (exact) mass is 464 g/mol. The summed E-state index contributed by atoms with van der Waals surface area (Å²) in [6.07, 6.45) is 7.60. The smallest absolute Gasteiger partial charge is 0.191 e. The molecular weight excluding hydrogens is 439 g/mol. The Morgan fingerprint density at radius 3 is 2.73 bits per heavy atom. The van der Waals surface area contributed by atoms with Gasteiger partial charge in [0.15, 0.2) is 5.96 Å². The first kappa shape index (κ1) is 20.2. The van der Waals surface area contributed by atoms with E-state index in [2.05, 4.69) is 38.7 Å². The van der Waals surface area contributed by atoms with Crippen LogP contribution in [0.3, 0.4) is 0 Å². The molecule has 0 spiro atoms. The Morgan fingerprint density at radius 1 is 1.08 bits per heavy atom. The molecule has 0 saturated heterocycles. The standard InChI is InChI=1S/C19H24N6.HI/c1-2-20-19(22-12-9-16-7-3-5-11-21-16)23-13-10-17-15-25-14-6-4-8-18(25)24-17;/h3-8,11,14-15H,2,9-10,12-13H2,1H3,(H2,20,22,23);1H. The van der Waals surface area contributed by atoms with Crippen molar-refractivity contribution in [2.24, 2.45) is 4.99 Å². The van der Waals surface area contributed by atoms with Crippen LogP contribution in [-0.4, -0.2) is 40.0 Å². The lowest BCUT2D eigenvalue weighted by molar-refractivity contribution is 0.787. The third-order valence-corrected chi connectivity index (χ3v) is 3.80. The predicted molar refractivity (Wildman–Crippen MR) is 116 cm³/mol. The minimum Gasteiger partial charge on any atom is -0.357 e. The second-order valence-corrected chi connectivity index (χ2v) is 5.71. The van der Waals surface area contributed by atoms with E-state index in [4.69, 9.17) is 0 Å². The summed E-state index contributed by atoms with van der Waals surface area (Å²) in [5.74, 6) is 0.835. The first-order chi connectivity index (χ1) is 12.3. The highest BCUT2D eigenvalue weighted by atomic mass is 127. The predicted octanol–water partition coefficient (Wildman–Crippen LogP) is 2.69. The number of hydrogen-bond donors (Lipinski definition) is 2. The fourth-order valence-corrected chi connectivity index (χ4v) is 2.59. The van der Waals surface area contributed by atoms with Crippen molar-refractivity contribution in [2.75, 3.05) is 19.6 Å². The van der Waals surface area contributed by atoms with Crippen LogP contribution in [0.4, 0.5) is 0 Å². The molecular formula is C19H25IN6. The van der Waals surface area contributed by atoms with Crippen LogP contribution >= 0.6 is 24.0 Å². The molecule has 6 nitrogen and oxygen atoms in total. The van der Waals surface area contributed by atoms with Gasteiger partial charge in [-0.15, -0.1) is 24.0 Å². The summed E-state index contributed by atoms with van der Waals surface area (Å²) < 4.78 is 2.04. The van der Waals surface area contributed by atoms with Gasteiger partial charge in [-0.25, -0.2) is 4.98 Å². The van der Waals surface area contributed by atoms with Crippen LogP contribution in [0.15, 0.2) is 60.0 Å². The first-order valence-corrected chi connectivity index (χ1v) is 8.70. The zero-order valence-corrected chi connectivity index (χ0v) is 17.3. The summed E-state index contributed by atoms with van der Waals surface area (Å²) in [7, 11) is 0. The molecule has 0 bridgehead atoms. The van der Waals surface area contributed by atoms with Crippen molar-refractivity contribution in [2.45, 2.75) is 19.8 Å². The molecule has 0 aliphatic carbocycles. The van der Waals surface area contributed by atoms with E-state index in [1.54, 1.807) is 0 Å². The highest BCUT2D eigenvalue weighted by Gasteiger charge is 2.02. The molecule has 7 heteroatoms. The number of nitrogens with one attached hydrogen (secondary N) is 2. The van der Waals surface area contributed by atoms with Gasteiger partial charge in [-0.2, -0.15) is 0 Å². The number of nitrogens with zero attached hydrogens (tertiary/aromatic N) is 4. The lowest BCUT2D eigenvalue weighted by Gasteiger charge is -2.10. The van der Waals surface area contributed by atoms with Crippen LogP contribution in [0, 0.1) is 0 Å². The number of aromatic nitrogens is 3. The molecule has 0 amide bonds. The van der Waals surface area contributed by atoms with Crippen LogP contribution < -0.4 is 10.6 Å².